The number of allylic oxidation sites excluding steroid dienone is 2. The van der Waals surface area contributed by atoms with Crippen molar-refractivity contribution in [2.45, 2.75) is 32.1 Å². The maximum Gasteiger partial charge on any atom is 0.288 e. The van der Waals surface area contributed by atoms with Gasteiger partial charge in [0.25, 0.3) is 5.69 Å². The third-order valence-corrected chi connectivity index (χ3v) is 6.44. The van der Waals surface area contributed by atoms with Gasteiger partial charge in [-0.05, 0) is 31.4 Å². The summed E-state index contributed by atoms with van der Waals surface area (Å²) in [5.41, 5.74) is 1.04. The Balaban J connectivity index is 2.27. The summed E-state index contributed by atoms with van der Waals surface area (Å²) in [4.78, 5) is 27.7. The summed E-state index contributed by atoms with van der Waals surface area (Å²) in [6.07, 6.45) is 2.68. The molecule has 9 heteroatoms. The first kappa shape index (κ1) is 18.7. The second kappa shape index (κ2) is 6.59. The first-order valence-electron chi connectivity index (χ1n) is 8.06. The molecule has 2 atom stereocenters. The monoisotopic (exact) mass is 396 g/mol. The van der Waals surface area contributed by atoms with Crippen LogP contribution in [-0.4, -0.2) is 31.1 Å². The number of carbonyl (C=O) groups is 1. The molecule has 1 fully saturated rings. The number of rotatable bonds is 3. The van der Waals surface area contributed by atoms with Crippen LogP contribution in [0.5, 0.6) is 0 Å². The molecule has 0 aromatic heterocycles. The summed E-state index contributed by atoms with van der Waals surface area (Å²) >= 11 is 5.89. The molecule has 0 N–H and O–H groups in total. The highest BCUT2D eigenvalue weighted by Gasteiger charge is 2.44. The number of nitro groups is 1. The van der Waals surface area contributed by atoms with Crippen molar-refractivity contribution >= 4 is 38.6 Å². The van der Waals surface area contributed by atoms with Gasteiger partial charge in [0, 0.05) is 30.4 Å². The van der Waals surface area contributed by atoms with Crippen LogP contribution in [0.25, 0.3) is 0 Å². The van der Waals surface area contributed by atoms with E-state index in [1.165, 1.54) is 12.1 Å². The molecule has 2 unspecified atom stereocenters. The van der Waals surface area contributed by atoms with E-state index in [2.05, 4.69) is 4.99 Å². The highest BCUT2D eigenvalue weighted by Crippen LogP contribution is 2.45. The van der Waals surface area contributed by atoms with Crippen LogP contribution in [0.1, 0.15) is 37.7 Å². The van der Waals surface area contributed by atoms with Crippen LogP contribution in [0.2, 0.25) is 5.02 Å². The Kier molecular flexibility index (Phi) is 4.74. The number of Topliss-reactive ketones (excluding diaryl/α,β-unsaturated/α-hetero) is 1. The van der Waals surface area contributed by atoms with E-state index in [0.29, 0.717) is 36.2 Å². The van der Waals surface area contributed by atoms with E-state index in [4.69, 9.17) is 11.6 Å². The Morgan fingerprint density at radius 1 is 1.27 bits per heavy atom. The number of sulfone groups is 1. The molecule has 3 rings (SSSR count). The van der Waals surface area contributed by atoms with Crippen molar-refractivity contribution in [3.05, 3.63) is 49.5 Å². The van der Waals surface area contributed by atoms with Crippen molar-refractivity contribution in [1.29, 1.82) is 0 Å². The van der Waals surface area contributed by atoms with Gasteiger partial charge in [-0.3, -0.25) is 19.9 Å². The number of hydrogen-bond acceptors (Lipinski definition) is 6. The molecule has 0 amide bonds. The zero-order valence-corrected chi connectivity index (χ0v) is 15.8. The topological polar surface area (TPSA) is 107 Å². The third-order valence-electron chi connectivity index (χ3n) is 4.77. The van der Waals surface area contributed by atoms with Crippen molar-refractivity contribution in [2.24, 2.45) is 10.9 Å². The van der Waals surface area contributed by atoms with Crippen LogP contribution >= 0.6 is 11.6 Å². The smallest absolute Gasteiger partial charge is 0.288 e. The summed E-state index contributed by atoms with van der Waals surface area (Å²) in [6, 6.07) is 4.17. The van der Waals surface area contributed by atoms with Gasteiger partial charge in [-0.1, -0.05) is 17.7 Å². The van der Waals surface area contributed by atoms with E-state index < -0.39 is 26.6 Å². The molecule has 1 saturated carbocycles. The normalized spacial score (nSPS) is 23.5. The fraction of sp³-hybridized carbons (Fsp3) is 0.412. The summed E-state index contributed by atoms with van der Waals surface area (Å²) in [5, 5.41) is 11.2. The van der Waals surface area contributed by atoms with Crippen LogP contribution in [-0.2, 0) is 14.6 Å². The van der Waals surface area contributed by atoms with E-state index in [1.54, 1.807) is 13.0 Å². The van der Waals surface area contributed by atoms with E-state index in [1.807, 2.05) is 0 Å². The molecule has 1 heterocycles. The molecule has 1 aliphatic carbocycles. The fourth-order valence-corrected chi connectivity index (χ4v) is 5.30. The van der Waals surface area contributed by atoms with E-state index in [0.717, 1.165) is 6.26 Å². The lowest BCUT2D eigenvalue weighted by Crippen LogP contribution is -2.38. The number of ketones is 1. The van der Waals surface area contributed by atoms with Crippen molar-refractivity contribution < 1.29 is 18.1 Å². The van der Waals surface area contributed by atoms with Crippen molar-refractivity contribution in [2.75, 3.05) is 6.26 Å². The van der Waals surface area contributed by atoms with Crippen LogP contribution < -0.4 is 0 Å². The van der Waals surface area contributed by atoms with Crippen LogP contribution in [0.3, 0.4) is 0 Å². The zero-order chi connectivity index (χ0) is 19.2. The van der Waals surface area contributed by atoms with E-state index in [-0.39, 0.29) is 21.4 Å². The number of nitrogens with zero attached hydrogens (tertiary/aromatic N) is 2. The zero-order valence-electron chi connectivity index (χ0n) is 14.2. The third kappa shape index (κ3) is 3.19. The first-order chi connectivity index (χ1) is 12.1. The standard InChI is InChI=1S/C17H17ClN2O5S/c1-9-17(26(2,24)25)15(16-12(19-9)4-3-5-14(16)21)10-6-7-11(18)13(8-10)20(22)23/h6-8,15-16H,3-5H2,1-2H3. The first-order valence-corrected chi connectivity index (χ1v) is 10.3. The molecule has 1 aliphatic heterocycles. The Hall–Kier alpha value is -2.06. The number of halogens is 1. The minimum Gasteiger partial charge on any atom is -0.299 e. The number of carbonyl (C=O) groups excluding carboxylic acids is 1. The van der Waals surface area contributed by atoms with E-state index in [9.17, 15) is 23.3 Å². The summed E-state index contributed by atoms with van der Waals surface area (Å²) in [6.45, 7) is 1.59. The van der Waals surface area contributed by atoms with Gasteiger partial charge >= 0.3 is 0 Å². The van der Waals surface area contributed by atoms with Gasteiger partial charge in [-0.15, -0.1) is 0 Å². The second-order valence-corrected chi connectivity index (χ2v) is 8.96. The highest BCUT2D eigenvalue weighted by molar-refractivity contribution is 7.94. The molecule has 26 heavy (non-hydrogen) atoms. The Bertz CT molecular complexity index is 981. The van der Waals surface area contributed by atoms with Gasteiger partial charge in [0.1, 0.15) is 10.8 Å². The van der Waals surface area contributed by atoms with Crippen LogP contribution in [0.4, 0.5) is 5.69 Å². The number of nitro benzene ring substituents is 1. The van der Waals surface area contributed by atoms with Crippen molar-refractivity contribution in [1.82, 2.24) is 0 Å². The molecule has 7 nitrogen and oxygen atoms in total. The molecule has 0 radical (unpaired) electrons. The Morgan fingerprint density at radius 2 is 1.96 bits per heavy atom. The molecular weight excluding hydrogens is 380 g/mol. The van der Waals surface area contributed by atoms with Crippen molar-refractivity contribution in [3.8, 4) is 0 Å². The summed E-state index contributed by atoms with van der Waals surface area (Å²) < 4.78 is 24.9. The highest BCUT2D eigenvalue weighted by atomic mass is 35.5. The quantitative estimate of drug-likeness (QED) is 0.574. The van der Waals surface area contributed by atoms with Gasteiger partial charge in [0.05, 0.1) is 21.4 Å². The number of aliphatic imine (C=N–C) groups is 1. The van der Waals surface area contributed by atoms with Gasteiger partial charge in [-0.2, -0.15) is 0 Å². The number of fused-ring (bicyclic) bond motifs is 1. The van der Waals surface area contributed by atoms with E-state index >= 15 is 0 Å². The van der Waals surface area contributed by atoms with Crippen molar-refractivity contribution in [3.63, 3.8) is 0 Å². The largest absolute Gasteiger partial charge is 0.299 e. The maximum atomic E-state index is 12.6. The molecule has 1 aromatic carbocycles. The number of benzene rings is 1. The van der Waals surface area contributed by atoms with Gasteiger partial charge in [0.2, 0.25) is 0 Å². The lowest BCUT2D eigenvalue weighted by Gasteiger charge is -2.35. The molecule has 2 aliphatic rings. The molecule has 0 bridgehead atoms. The second-order valence-electron chi connectivity index (χ2n) is 6.57. The van der Waals surface area contributed by atoms with Gasteiger partial charge < -0.3 is 0 Å². The van der Waals surface area contributed by atoms with Gasteiger partial charge in [0.15, 0.2) is 9.84 Å². The lowest BCUT2D eigenvalue weighted by atomic mass is 9.72. The average Bonchev–Trinajstić information content (AvgIpc) is 2.52. The minimum atomic E-state index is -3.67. The fourth-order valence-electron chi connectivity index (χ4n) is 3.80. The lowest BCUT2D eigenvalue weighted by molar-refractivity contribution is -0.384. The minimum absolute atomic E-state index is 0.0399. The maximum absolute atomic E-state index is 12.6. The predicted molar refractivity (Wildman–Crippen MR) is 98.2 cm³/mol. The summed E-state index contributed by atoms with van der Waals surface area (Å²) in [5.74, 6) is -1.62. The molecule has 0 spiro atoms. The average molecular weight is 397 g/mol. The van der Waals surface area contributed by atoms with Crippen LogP contribution in [0, 0.1) is 16.0 Å². The van der Waals surface area contributed by atoms with Gasteiger partial charge in [-0.25, -0.2) is 8.42 Å². The molecular formula is C17H17ClN2O5S. The Morgan fingerprint density at radius 3 is 2.58 bits per heavy atom. The van der Waals surface area contributed by atoms with Crippen LogP contribution in [0.15, 0.2) is 33.8 Å². The SMILES string of the molecule is CC1=C(S(C)(=O)=O)C(c2ccc(Cl)c([N+](=O)[O-])c2)C2C(=O)CCCC2=N1. The predicted octanol–water partition coefficient (Wildman–Crippen LogP) is 3.43. The molecule has 138 valence electrons. The Labute approximate surface area is 155 Å². The number of hydrogen-bond donors (Lipinski definition) is 0. The summed E-state index contributed by atoms with van der Waals surface area (Å²) in [7, 11) is -3.67. The molecule has 0 saturated heterocycles. The molecule has 1 aromatic rings.